The molecule has 20 heavy (non-hydrogen) atoms. The molecule has 0 aromatic heterocycles. The van der Waals surface area contributed by atoms with Gasteiger partial charge >= 0.3 is 0 Å². The Labute approximate surface area is 122 Å². The fourth-order valence-corrected chi connectivity index (χ4v) is 3.15. The smallest absolute Gasteiger partial charge is 0.242 e. The van der Waals surface area contributed by atoms with E-state index in [-0.39, 0.29) is 0 Å². The molecule has 1 aromatic carbocycles. The highest BCUT2D eigenvalue weighted by molar-refractivity contribution is 7.89. The van der Waals surface area contributed by atoms with E-state index in [1.165, 1.54) is 4.31 Å². The van der Waals surface area contributed by atoms with Gasteiger partial charge in [-0.3, -0.25) is 0 Å². The number of nitrogens with two attached hydrogens (primary N) is 1. The molecule has 2 N–H and O–H groups in total. The second kappa shape index (κ2) is 7.17. The molecule has 0 aliphatic rings. The van der Waals surface area contributed by atoms with Gasteiger partial charge in [0.2, 0.25) is 10.0 Å². The van der Waals surface area contributed by atoms with E-state index in [1.54, 1.807) is 19.2 Å². The number of sulfonamides is 1. The van der Waals surface area contributed by atoms with Crippen LogP contribution in [0.3, 0.4) is 0 Å². The summed E-state index contributed by atoms with van der Waals surface area (Å²) >= 11 is 0. The van der Waals surface area contributed by atoms with Crippen LogP contribution in [-0.2, 0) is 23.0 Å². The first-order chi connectivity index (χ1) is 9.32. The van der Waals surface area contributed by atoms with Gasteiger partial charge in [0.15, 0.2) is 0 Å². The highest BCUT2D eigenvalue weighted by atomic mass is 32.2. The minimum atomic E-state index is -3.44. The maximum absolute atomic E-state index is 12.5. The minimum absolute atomic E-state index is 0.316. The number of benzene rings is 1. The maximum atomic E-state index is 12.5. The lowest BCUT2D eigenvalue weighted by molar-refractivity contribution is 0.358. The molecule has 5 nitrogen and oxygen atoms in total. The zero-order valence-corrected chi connectivity index (χ0v) is 13.6. The van der Waals surface area contributed by atoms with Crippen LogP contribution in [0.5, 0.6) is 0 Å². The third-order valence-corrected chi connectivity index (χ3v) is 5.20. The van der Waals surface area contributed by atoms with E-state index >= 15 is 0 Å². The van der Waals surface area contributed by atoms with Crippen molar-refractivity contribution < 1.29 is 8.42 Å². The molecule has 1 aromatic rings. The Morgan fingerprint density at radius 2 is 1.75 bits per heavy atom. The third-order valence-electron chi connectivity index (χ3n) is 3.35. The van der Waals surface area contributed by atoms with Crippen LogP contribution in [0.2, 0.25) is 0 Å². The first kappa shape index (κ1) is 17.1. The highest BCUT2D eigenvalue weighted by Crippen LogP contribution is 2.19. The fraction of sp³-hybridized carbons (Fsp3) is 0.571. The van der Waals surface area contributed by atoms with Crippen LogP contribution in [0, 0.1) is 0 Å². The van der Waals surface area contributed by atoms with Crippen molar-refractivity contribution in [2.24, 2.45) is 5.73 Å². The largest absolute Gasteiger partial charge is 0.326 e. The topological polar surface area (TPSA) is 66.6 Å². The summed E-state index contributed by atoms with van der Waals surface area (Å²) in [6, 6.07) is 5.22. The van der Waals surface area contributed by atoms with E-state index in [0.29, 0.717) is 24.5 Å². The molecule has 0 saturated heterocycles. The van der Waals surface area contributed by atoms with Gasteiger partial charge in [-0.1, -0.05) is 13.0 Å². The van der Waals surface area contributed by atoms with Crippen molar-refractivity contribution in [3.8, 4) is 0 Å². The second-order valence-corrected chi connectivity index (χ2v) is 7.16. The lowest BCUT2D eigenvalue weighted by atomic mass is 10.1. The van der Waals surface area contributed by atoms with Gasteiger partial charge in [0, 0.05) is 26.7 Å². The monoisotopic (exact) mass is 299 g/mol. The summed E-state index contributed by atoms with van der Waals surface area (Å²) in [5.74, 6) is 0. The van der Waals surface area contributed by atoms with Gasteiger partial charge in [-0.05, 0) is 43.8 Å². The third kappa shape index (κ3) is 4.02. The average molecular weight is 299 g/mol. The number of hydrogen-bond donors (Lipinski definition) is 1. The molecule has 0 aliphatic carbocycles. The lowest BCUT2D eigenvalue weighted by Crippen LogP contribution is -2.33. The van der Waals surface area contributed by atoms with E-state index in [1.807, 2.05) is 32.0 Å². The summed E-state index contributed by atoms with van der Waals surface area (Å²) in [5, 5.41) is 0. The Bertz CT molecular complexity index is 541. The summed E-state index contributed by atoms with van der Waals surface area (Å²) in [5.41, 5.74) is 7.69. The molecule has 6 heteroatoms. The molecule has 1 rings (SSSR count). The van der Waals surface area contributed by atoms with Crippen LogP contribution in [-0.4, -0.2) is 51.9 Å². The van der Waals surface area contributed by atoms with Crippen molar-refractivity contribution in [2.75, 3.05) is 34.2 Å². The van der Waals surface area contributed by atoms with Gasteiger partial charge in [0.25, 0.3) is 0 Å². The number of hydrogen-bond acceptors (Lipinski definition) is 4. The van der Waals surface area contributed by atoms with E-state index in [4.69, 9.17) is 5.73 Å². The van der Waals surface area contributed by atoms with Crippen molar-refractivity contribution in [1.29, 1.82) is 0 Å². The van der Waals surface area contributed by atoms with Gasteiger partial charge in [-0.2, -0.15) is 4.31 Å². The molecule has 0 unspecified atom stereocenters. The van der Waals surface area contributed by atoms with E-state index < -0.39 is 10.0 Å². The Morgan fingerprint density at radius 1 is 1.10 bits per heavy atom. The molecule has 0 amide bonds. The standard InChI is InChI=1S/C14H25N3O2S/c1-5-12-6-7-14(10-13(12)11-15)20(18,19)17(4)9-8-16(2)3/h6-7,10H,5,8-9,11,15H2,1-4H3. The molecule has 0 radical (unpaired) electrons. The van der Waals surface area contributed by atoms with Crippen LogP contribution >= 0.6 is 0 Å². The summed E-state index contributed by atoms with van der Waals surface area (Å²) in [6.45, 7) is 3.54. The number of aryl methyl sites for hydroxylation is 1. The van der Waals surface area contributed by atoms with Gasteiger partial charge in [-0.25, -0.2) is 8.42 Å². The number of rotatable bonds is 7. The van der Waals surface area contributed by atoms with Gasteiger partial charge in [-0.15, -0.1) is 0 Å². The minimum Gasteiger partial charge on any atom is -0.326 e. The maximum Gasteiger partial charge on any atom is 0.242 e. The molecule has 0 aliphatic heterocycles. The van der Waals surface area contributed by atoms with E-state index in [9.17, 15) is 8.42 Å². The molecule has 114 valence electrons. The molecule has 0 atom stereocenters. The van der Waals surface area contributed by atoms with E-state index in [0.717, 1.165) is 17.5 Å². The highest BCUT2D eigenvalue weighted by Gasteiger charge is 2.21. The molecule has 0 spiro atoms. The van der Waals surface area contributed by atoms with Crippen LogP contribution in [0.4, 0.5) is 0 Å². The van der Waals surface area contributed by atoms with Crippen LogP contribution in [0.15, 0.2) is 23.1 Å². The number of nitrogens with zero attached hydrogens (tertiary/aromatic N) is 2. The van der Waals surface area contributed by atoms with Crippen LogP contribution < -0.4 is 5.73 Å². The van der Waals surface area contributed by atoms with Crippen molar-refractivity contribution in [3.05, 3.63) is 29.3 Å². The summed E-state index contributed by atoms with van der Waals surface area (Å²) < 4.78 is 26.3. The first-order valence-electron chi connectivity index (χ1n) is 6.75. The number of likely N-dealkylation sites (N-methyl/N-ethyl adjacent to an activating group) is 2. The van der Waals surface area contributed by atoms with Crippen molar-refractivity contribution in [2.45, 2.75) is 24.8 Å². The van der Waals surface area contributed by atoms with Crippen LogP contribution in [0.1, 0.15) is 18.1 Å². The predicted molar refractivity (Wildman–Crippen MR) is 82.1 cm³/mol. The fourth-order valence-electron chi connectivity index (χ4n) is 1.94. The lowest BCUT2D eigenvalue weighted by Gasteiger charge is -2.20. The normalized spacial score (nSPS) is 12.3. The van der Waals surface area contributed by atoms with Gasteiger partial charge in [0.1, 0.15) is 0 Å². The average Bonchev–Trinajstić information content (AvgIpc) is 2.43. The molecule has 0 fully saturated rings. The first-order valence-corrected chi connectivity index (χ1v) is 8.19. The molecular weight excluding hydrogens is 274 g/mol. The van der Waals surface area contributed by atoms with Crippen molar-refractivity contribution in [1.82, 2.24) is 9.21 Å². The van der Waals surface area contributed by atoms with Crippen molar-refractivity contribution >= 4 is 10.0 Å². The Hall–Kier alpha value is -0.950. The van der Waals surface area contributed by atoms with Crippen molar-refractivity contribution in [3.63, 3.8) is 0 Å². The zero-order valence-electron chi connectivity index (χ0n) is 12.8. The Balaban J connectivity index is 3.03. The second-order valence-electron chi connectivity index (χ2n) is 5.12. The molecule has 0 heterocycles. The molecule has 0 saturated carbocycles. The molecular formula is C14H25N3O2S. The zero-order chi connectivity index (χ0) is 15.3. The molecule has 0 bridgehead atoms. The summed E-state index contributed by atoms with van der Waals surface area (Å²) in [4.78, 5) is 2.27. The summed E-state index contributed by atoms with van der Waals surface area (Å²) in [7, 11) is 2.00. The van der Waals surface area contributed by atoms with Gasteiger partial charge in [0.05, 0.1) is 4.90 Å². The predicted octanol–water partition coefficient (Wildman–Crippen LogP) is 0.890. The Morgan fingerprint density at radius 3 is 2.25 bits per heavy atom. The van der Waals surface area contributed by atoms with Crippen LogP contribution in [0.25, 0.3) is 0 Å². The van der Waals surface area contributed by atoms with Gasteiger partial charge < -0.3 is 10.6 Å². The Kier molecular flexibility index (Phi) is 6.13. The van der Waals surface area contributed by atoms with E-state index in [2.05, 4.69) is 0 Å². The summed E-state index contributed by atoms with van der Waals surface area (Å²) in [6.07, 6.45) is 0.851. The SMILES string of the molecule is CCc1ccc(S(=O)(=O)N(C)CCN(C)C)cc1CN. The quantitative estimate of drug-likeness (QED) is 0.812.